The van der Waals surface area contributed by atoms with E-state index in [1.807, 2.05) is 12.1 Å². The lowest BCUT2D eigenvalue weighted by molar-refractivity contribution is -0.137. The molecule has 1 N–H and O–H groups in total. The maximum Gasteiger partial charge on any atom is 0.323 e. The number of hydrogen-bond acceptors (Lipinski definition) is 3. The Hall–Kier alpha value is -1.87. The number of aromatic nitrogens is 3. The molecule has 0 aliphatic rings. The van der Waals surface area contributed by atoms with Crippen molar-refractivity contribution in [2.45, 2.75) is 6.54 Å². The van der Waals surface area contributed by atoms with Crippen molar-refractivity contribution < 1.29 is 9.90 Å². The van der Waals surface area contributed by atoms with E-state index in [0.29, 0.717) is 16.1 Å². The minimum absolute atomic E-state index is 0.329. The van der Waals surface area contributed by atoms with Gasteiger partial charge in [0.15, 0.2) is 0 Å². The predicted molar refractivity (Wildman–Crippen MR) is 90.3 cm³/mol. The number of fused-ring (bicyclic) bond motifs is 1. The van der Waals surface area contributed by atoms with Crippen molar-refractivity contribution in [3.63, 3.8) is 0 Å². The third kappa shape index (κ3) is 2.61. The van der Waals surface area contributed by atoms with Gasteiger partial charge in [0.1, 0.15) is 22.1 Å². The standard InChI is InChI=1S/C14H9ClIN3O3/c15-9-3-1-2-8(4-9)10-5-11(16)19-13(10)14(22)18(7-17-19)6-12(20)21/h1-5,7H,6H2,(H,20,21). The molecule has 2 aromatic heterocycles. The first-order chi connectivity index (χ1) is 10.5. The molecule has 3 rings (SSSR count). The fourth-order valence-corrected chi connectivity index (χ4v) is 3.09. The van der Waals surface area contributed by atoms with E-state index in [1.165, 1.54) is 10.8 Å². The molecular weight excluding hydrogens is 421 g/mol. The number of rotatable bonds is 3. The third-order valence-electron chi connectivity index (χ3n) is 3.14. The van der Waals surface area contributed by atoms with E-state index in [4.69, 9.17) is 16.7 Å². The van der Waals surface area contributed by atoms with Crippen LogP contribution in [0, 0.1) is 3.70 Å². The van der Waals surface area contributed by atoms with Gasteiger partial charge in [-0.2, -0.15) is 5.10 Å². The van der Waals surface area contributed by atoms with Crippen molar-refractivity contribution in [3.8, 4) is 11.1 Å². The summed E-state index contributed by atoms with van der Waals surface area (Å²) in [7, 11) is 0. The lowest BCUT2D eigenvalue weighted by Crippen LogP contribution is -2.26. The molecule has 2 heterocycles. The van der Waals surface area contributed by atoms with E-state index < -0.39 is 18.1 Å². The molecule has 0 amide bonds. The zero-order chi connectivity index (χ0) is 15.9. The third-order valence-corrected chi connectivity index (χ3v) is 4.15. The lowest BCUT2D eigenvalue weighted by Gasteiger charge is -2.04. The molecule has 0 spiro atoms. The molecule has 22 heavy (non-hydrogen) atoms. The lowest BCUT2D eigenvalue weighted by atomic mass is 10.1. The van der Waals surface area contributed by atoms with E-state index in [0.717, 1.165) is 13.8 Å². The van der Waals surface area contributed by atoms with E-state index in [9.17, 15) is 9.59 Å². The first kappa shape index (κ1) is 15.0. The zero-order valence-electron chi connectivity index (χ0n) is 11.0. The van der Waals surface area contributed by atoms with Crippen molar-refractivity contribution >= 4 is 45.7 Å². The Bertz CT molecular complexity index is 948. The minimum atomic E-state index is -1.10. The van der Waals surface area contributed by atoms with Crippen molar-refractivity contribution in [1.29, 1.82) is 0 Å². The Morgan fingerprint density at radius 1 is 1.36 bits per heavy atom. The second-order valence-electron chi connectivity index (χ2n) is 4.61. The average molecular weight is 430 g/mol. The van der Waals surface area contributed by atoms with Crippen LogP contribution in [0.1, 0.15) is 0 Å². The molecule has 0 aliphatic heterocycles. The summed E-state index contributed by atoms with van der Waals surface area (Å²) in [5.41, 5.74) is 1.37. The van der Waals surface area contributed by atoms with Gasteiger partial charge >= 0.3 is 5.97 Å². The first-order valence-electron chi connectivity index (χ1n) is 6.22. The highest BCUT2D eigenvalue weighted by atomic mass is 127. The monoisotopic (exact) mass is 429 g/mol. The number of benzene rings is 1. The van der Waals surface area contributed by atoms with Crippen LogP contribution in [0.5, 0.6) is 0 Å². The molecule has 0 aliphatic carbocycles. The summed E-state index contributed by atoms with van der Waals surface area (Å²) < 4.78 is 3.32. The van der Waals surface area contributed by atoms with E-state index >= 15 is 0 Å². The van der Waals surface area contributed by atoms with Crippen LogP contribution in [-0.2, 0) is 11.3 Å². The molecule has 0 saturated heterocycles. The summed E-state index contributed by atoms with van der Waals surface area (Å²) in [5.74, 6) is -1.10. The fourth-order valence-electron chi connectivity index (χ4n) is 2.23. The number of carboxylic acid groups (broad SMARTS) is 1. The summed E-state index contributed by atoms with van der Waals surface area (Å²) in [6, 6.07) is 8.95. The topological polar surface area (TPSA) is 76.6 Å². The number of hydrogen-bond donors (Lipinski definition) is 1. The van der Waals surface area contributed by atoms with Gasteiger partial charge in [-0.3, -0.25) is 14.2 Å². The molecule has 0 radical (unpaired) electrons. The number of halogens is 2. The molecule has 3 aromatic rings. The van der Waals surface area contributed by atoms with Crippen LogP contribution >= 0.6 is 34.2 Å². The first-order valence-corrected chi connectivity index (χ1v) is 7.67. The summed E-state index contributed by atoms with van der Waals surface area (Å²) in [5, 5.41) is 13.6. The molecular formula is C14H9ClIN3O3. The second-order valence-corrected chi connectivity index (χ2v) is 6.15. The maximum absolute atomic E-state index is 12.6. The predicted octanol–water partition coefficient (Wildman–Crippen LogP) is 2.51. The summed E-state index contributed by atoms with van der Waals surface area (Å²) in [4.78, 5) is 23.4. The van der Waals surface area contributed by atoms with Crippen LogP contribution in [0.15, 0.2) is 41.5 Å². The smallest absolute Gasteiger partial charge is 0.323 e. The van der Waals surface area contributed by atoms with E-state index in [-0.39, 0.29) is 0 Å². The maximum atomic E-state index is 12.6. The molecule has 0 saturated carbocycles. The van der Waals surface area contributed by atoms with Gasteiger partial charge in [-0.1, -0.05) is 23.7 Å². The SMILES string of the molecule is O=C(O)Cn1cnn2c(I)cc(-c3cccc(Cl)c3)c2c1=O. The van der Waals surface area contributed by atoms with Crippen molar-refractivity contribution in [3.05, 3.63) is 55.7 Å². The minimum Gasteiger partial charge on any atom is -0.480 e. The van der Waals surface area contributed by atoms with E-state index in [1.54, 1.807) is 18.2 Å². The largest absolute Gasteiger partial charge is 0.480 e. The van der Waals surface area contributed by atoms with Crippen LogP contribution in [0.4, 0.5) is 0 Å². The molecule has 6 nitrogen and oxygen atoms in total. The Morgan fingerprint density at radius 2 is 2.14 bits per heavy atom. The van der Waals surface area contributed by atoms with Gasteiger partial charge in [0.05, 0.1) is 0 Å². The number of carboxylic acids is 1. The Balaban J connectivity index is 2.31. The summed E-state index contributed by atoms with van der Waals surface area (Å²) >= 11 is 8.08. The molecule has 0 unspecified atom stereocenters. The molecule has 0 fully saturated rings. The normalized spacial score (nSPS) is 11.0. The average Bonchev–Trinajstić information content (AvgIpc) is 2.79. The van der Waals surface area contributed by atoms with Crippen molar-refractivity contribution in [2.24, 2.45) is 0 Å². The highest BCUT2D eigenvalue weighted by molar-refractivity contribution is 14.1. The highest BCUT2D eigenvalue weighted by Crippen LogP contribution is 2.28. The van der Waals surface area contributed by atoms with Crippen LogP contribution < -0.4 is 5.56 Å². The molecule has 8 heteroatoms. The van der Waals surface area contributed by atoms with Gasteiger partial charge in [0, 0.05) is 10.6 Å². The fraction of sp³-hybridized carbons (Fsp3) is 0.0714. The molecule has 1 aromatic carbocycles. The number of aliphatic carboxylic acids is 1. The number of carbonyl (C=O) groups is 1. The summed E-state index contributed by atoms with van der Waals surface area (Å²) in [6.07, 6.45) is 1.23. The molecule has 0 bridgehead atoms. The number of nitrogens with zero attached hydrogens (tertiary/aromatic N) is 3. The Labute approximate surface area is 143 Å². The van der Waals surface area contributed by atoms with Gasteiger partial charge in [-0.15, -0.1) is 0 Å². The van der Waals surface area contributed by atoms with Gasteiger partial charge in [-0.05, 0) is 46.4 Å². The van der Waals surface area contributed by atoms with Gasteiger partial charge < -0.3 is 5.11 Å². The second kappa shape index (κ2) is 5.73. The van der Waals surface area contributed by atoms with Crippen molar-refractivity contribution in [2.75, 3.05) is 0 Å². The van der Waals surface area contributed by atoms with Gasteiger partial charge in [-0.25, -0.2) is 4.52 Å². The Kier molecular flexibility index (Phi) is 3.92. The van der Waals surface area contributed by atoms with Crippen LogP contribution in [0.3, 0.4) is 0 Å². The summed E-state index contributed by atoms with van der Waals surface area (Å²) in [6.45, 7) is -0.431. The van der Waals surface area contributed by atoms with Gasteiger partial charge in [0.25, 0.3) is 5.56 Å². The highest BCUT2D eigenvalue weighted by Gasteiger charge is 2.16. The molecule has 0 atom stereocenters. The zero-order valence-corrected chi connectivity index (χ0v) is 13.9. The quantitative estimate of drug-likeness (QED) is 0.649. The van der Waals surface area contributed by atoms with Crippen LogP contribution in [0.25, 0.3) is 16.6 Å². The van der Waals surface area contributed by atoms with Crippen LogP contribution in [-0.4, -0.2) is 25.3 Å². The van der Waals surface area contributed by atoms with Gasteiger partial charge in [0.2, 0.25) is 0 Å². The molecule has 112 valence electrons. The Morgan fingerprint density at radius 3 is 2.82 bits per heavy atom. The van der Waals surface area contributed by atoms with Crippen molar-refractivity contribution in [1.82, 2.24) is 14.2 Å². The van der Waals surface area contributed by atoms with Crippen LogP contribution in [0.2, 0.25) is 5.02 Å². The van der Waals surface area contributed by atoms with E-state index in [2.05, 4.69) is 27.7 Å².